The number of hydrogen-bond donors (Lipinski definition) is 1. The lowest BCUT2D eigenvalue weighted by molar-refractivity contribution is -0.137. The van der Waals surface area contributed by atoms with E-state index in [2.05, 4.69) is 26.2 Å². The van der Waals surface area contributed by atoms with E-state index < -0.39 is 11.7 Å². The van der Waals surface area contributed by atoms with Crippen LogP contribution < -0.4 is 5.32 Å². The highest BCUT2D eigenvalue weighted by molar-refractivity contribution is 9.10. The molecule has 0 aliphatic carbocycles. The van der Waals surface area contributed by atoms with Crippen LogP contribution in [0.1, 0.15) is 5.56 Å². The zero-order chi connectivity index (χ0) is 13.3. The van der Waals surface area contributed by atoms with Crippen molar-refractivity contribution >= 4 is 21.7 Å². The first-order valence-corrected chi connectivity index (χ1v) is 5.71. The van der Waals surface area contributed by atoms with Crippen molar-refractivity contribution < 1.29 is 17.6 Å². The quantitative estimate of drug-likeness (QED) is 0.902. The largest absolute Gasteiger partial charge is 0.461 e. The van der Waals surface area contributed by atoms with E-state index in [1.807, 2.05) is 0 Å². The molecule has 0 fully saturated rings. The van der Waals surface area contributed by atoms with Crippen LogP contribution >= 0.6 is 15.9 Å². The number of aromatic nitrogens is 1. The van der Waals surface area contributed by atoms with Crippen LogP contribution in [0.25, 0.3) is 11.5 Å². The molecule has 3 nitrogen and oxygen atoms in total. The van der Waals surface area contributed by atoms with Crippen LogP contribution in [-0.2, 0) is 6.18 Å². The second-order valence-electron chi connectivity index (χ2n) is 3.47. The van der Waals surface area contributed by atoms with E-state index >= 15 is 0 Å². The first-order chi connectivity index (χ1) is 8.41. The maximum atomic E-state index is 12.7. The molecule has 0 unspecified atom stereocenters. The Kier molecular flexibility index (Phi) is 3.34. The monoisotopic (exact) mass is 320 g/mol. The number of alkyl halides is 3. The summed E-state index contributed by atoms with van der Waals surface area (Å²) in [5.41, 5.74) is -0.661. The van der Waals surface area contributed by atoms with Crippen LogP contribution in [0, 0.1) is 0 Å². The minimum Gasteiger partial charge on any atom is -0.461 e. The predicted molar refractivity (Wildman–Crippen MR) is 64.2 cm³/mol. The Hall–Kier alpha value is -1.50. The number of anilines is 1. The van der Waals surface area contributed by atoms with Crippen molar-refractivity contribution in [2.75, 3.05) is 12.4 Å². The number of halogens is 4. The summed E-state index contributed by atoms with van der Waals surface area (Å²) >= 11 is 3.19. The maximum Gasteiger partial charge on any atom is 0.416 e. The van der Waals surface area contributed by atoms with Crippen LogP contribution in [0.2, 0.25) is 0 Å². The molecule has 0 aliphatic rings. The predicted octanol–water partition coefficient (Wildman–Crippen LogP) is 4.16. The van der Waals surface area contributed by atoms with Crippen molar-refractivity contribution in [1.82, 2.24) is 4.98 Å². The second-order valence-corrected chi connectivity index (χ2v) is 4.33. The average molecular weight is 321 g/mol. The Morgan fingerprint density at radius 2 is 2.06 bits per heavy atom. The molecule has 0 amide bonds. The van der Waals surface area contributed by atoms with Gasteiger partial charge in [0, 0.05) is 7.05 Å². The van der Waals surface area contributed by atoms with Gasteiger partial charge in [-0.05, 0) is 34.1 Å². The summed E-state index contributed by atoms with van der Waals surface area (Å²) in [7, 11) is 1.50. The van der Waals surface area contributed by atoms with Crippen molar-refractivity contribution in [2.24, 2.45) is 0 Å². The molecule has 2 aromatic rings. The lowest BCUT2D eigenvalue weighted by Gasteiger charge is -2.10. The normalized spacial score (nSPS) is 11.6. The van der Waals surface area contributed by atoms with E-state index in [-0.39, 0.29) is 17.3 Å². The van der Waals surface area contributed by atoms with Crippen molar-refractivity contribution in [3.63, 3.8) is 0 Å². The summed E-state index contributed by atoms with van der Waals surface area (Å²) in [5.74, 6) is 0.390. The molecule has 0 spiro atoms. The molecule has 2 rings (SSSR count). The van der Waals surface area contributed by atoms with Crippen molar-refractivity contribution in [3.05, 3.63) is 34.5 Å². The highest BCUT2D eigenvalue weighted by Crippen LogP contribution is 2.35. The Morgan fingerprint density at radius 1 is 1.33 bits per heavy atom. The SMILES string of the molecule is CNc1cc(C(F)(F)F)cc(-c2occc2Br)n1. The minimum atomic E-state index is -4.43. The van der Waals surface area contributed by atoms with Crippen LogP contribution in [0.3, 0.4) is 0 Å². The van der Waals surface area contributed by atoms with Gasteiger partial charge < -0.3 is 9.73 Å². The van der Waals surface area contributed by atoms with Gasteiger partial charge in [-0.2, -0.15) is 13.2 Å². The van der Waals surface area contributed by atoms with Gasteiger partial charge in [0.25, 0.3) is 0 Å². The van der Waals surface area contributed by atoms with Crippen molar-refractivity contribution in [3.8, 4) is 11.5 Å². The molecule has 0 saturated carbocycles. The third-order valence-electron chi connectivity index (χ3n) is 2.26. The lowest BCUT2D eigenvalue weighted by atomic mass is 10.2. The summed E-state index contributed by atoms with van der Waals surface area (Å²) in [6.45, 7) is 0. The molecule has 0 radical (unpaired) electrons. The summed E-state index contributed by atoms with van der Waals surface area (Å²) in [5, 5.41) is 2.59. The molecule has 2 heterocycles. The van der Waals surface area contributed by atoms with Crippen LogP contribution in [0.4, 0.5) is 19.0 Å². The van der Waals surface area contributed by atoms with E-state index in [9.17, 15) is 13.2 Å². The van der Waals surface area contributed by atoms with E-state index in [0.29, 0.717) is 4.47 Å². The van der Waals surface area contributed by atoms with Crippen LogP contribution in [-0.4, -0.2) is 12.0 Å². The van der Waals surface area contributed by atoms with Gasteiger partial charge in [-0.25, -0.2) is 4.98 Å². The number of nitrogens with zero attached hydrogens (tertiary/aromatic N) is 1. The molecule has 2 aromatic heterocycles. The molecule has 0 aromatic carbocycles. The summed E-state index contributed by atoms with van der Waals surface area (Å²) in [6, 6.07) is 3.49. The number of hydrogen-bond acceptors (Lipinski definition) is 3. The molecular formula is C11H8BrF3N2O. The van der Waals surface area contributed by atoms with Gasteiger partial charge in [-0.1, -0.05) is 0 Å². The molecule has 96 valence electrons. The highest BCUT2D eigenvalue weighted by atomic mass is 79.9. The van der Waals surface area contributed by atoms with Gasteiger partial charge in [0.1, 0.15) is 11.5 Å². The highest BCUT2D eigenvalue weighted by Gasteiger charge is 2.32. The van der Waals surface area contributed by atoms with Gasteiger partial charge in [0.2, 0.25) is 0 Å². The van der Waals surface area contributed by atoms with E-state index in [1.165, 1.54) is 13.3 Å². The number of rotatable bonds is 2. The zero-order valence-electron chi connectivity index (χ0n) is 9.18. The van der Waals surface area contributed by atoms with E-state index in [4.69, 9.17) is 4.42 Å². The minimum absolute atomic E-state index is 0.117. The van der Waals surface area contributed by atoms with Gasteiger partial charge in [-0.15, -0.1) is 0 Å². The maximum absolute atomic E-state index is 12.7. The summed E-state index contributed by atoms with van der Waals surface area (Å²) < 4.78 is 43.9. The summed E-state index contributed by atoms with van der Waals surface area (Å²) in [6.07, 6.45) is -3.05. The number of furan rings is 1. The second kappa shape index (κ2) is 4.64. The average Bonchev–Trinajstić information content (AvgIpc) is 2.73. The Bertz CT molecular complexity index is 566. The number of nitrogens with one attached hydrogen (secondary N) is 1. The Morgan fingerprint density at radius 3 is 2.56 bits per heavy atom. The molecule has 0 saturated heterocycles. The molecule has 0 bridgehead atoms. The van der Waals surface area contributed by atoms with Crippen molar-refractivity contribution in [1.29, 1.82) is 0 Å². The lowest BCUT2D eigenvalue weighted by Crippen LogP contribution is -2.07. The van der Waals surface area contributed by atoms with Gasteiger partial charge in [0.05, 0.1) is 16.3 Å². The third kappa shape index (κ3) is 2.50. The fourth-order valence-electron chi connectivity index (χ4n) is 1.42. The molecule has 0 aliphatic heterocycles. The molecule has 0 atom stereocenters. The van der Waals surface area contributed by atoms with Gasteiger partial charge in [0.15, 0.2) is 5.76 Å². The Labute approximate surface area is 109 Å². The summed E-state index contributed by atoms with van der Waals surface area (Å²) in [4.78, 5) is 4.03. The zero-order valence-corrected chi connectivity index (χ0v) is 10.8. The molecule has 1 N–H and O–H groups in total. The Balaban J connectivity index is 2.58. The smallest absolute Gasteiger partial charge is 0.416 e. The van der Waals surface area contributed by atoms with Crippen LogP contribution in [0.15, 0.2) is 33.4 Å². The standard InChI is InChI=1S/C11H8BrF3N2O/c1-16-9-5-6(11(13,14)15)4-8(17-9)10-7(12)2-3-18-10/h2-5H,1H3,(H,16,17). The van der Waals surface area contributed by atoms with Crippen LogP contribution in [0.5, 0.6) is 0 Å². The third-order valence-corrected chi connectivity index (χ3v) is 2.88. The first kappa shape index (κ1) is 12.9. The van der Waals surface area contributed by atoms with Gasteiger partial charge in [-0.3, -0.25) is 0 Å². The van der Waals surface area contributed by atoms with Gasteiger partial charge >= 0.3 is 6.18 Å². The molecule has 18 heavy (non-hydrogen) atoms. The van der Waals surface area contributed by atoms with E-state index in [1.54, 1.807) is 6.07 Å². The molecule has 7 heteroatoms. The van der Waals surface area contributed by atoms with E-state index in [0.717, 1.165) is 12.1 Å². The molecular weight excluding hydrogens is 313 g/mol. The van der Waals surface area contributed by atoms with Crippen molar-refractivity contribution in [2.45, 2.75) is 6.18 Å². The fourth-order valence-corrected chi connectivity index (χ4v) is 1.82. The topological polar surface area (TPSA) is 38.1 Å². The number of pyridine rings is 1. The first-order valence-electron chi connectivity index (χ1n) is 4.92. The fraction of sp³-hybridized carbons (Fsp3) is 0.182.